The van der Waals surface area contributed by atoms with E-state index in [1.54, 1.807) is 15.9 Å². The zero-order valence-electron chi connectivity index (χ0n) is 17.1. The predicted octanol–water partition coefficient (Wildman–Crippen LogP) is 2.16. The third-order valence-corrected chi connectivity index (χ3v) is 5.48. The zero-order chi connectivity index (χ0) is 20.8. The maximum atomic E-state index is 12.9. The summed E-state index contributed by atoms with van der Waals surface area (Å²) in [7, 11) is 3.63. The van der Waals surface area contributed by atoms with Crippen molar-refractivity contribution in [2.75, 3.05) is 32.1 Å². The smallest absolute Gasteiger partial charge is 0.270 e. The summed E-state index contributed by atoms with van der Waals surface area (Å²) in [5.74, 6) is -0.308. The van der Waals surface area contributed by atoms with Crippen LogP contribution in [0.4, 0.5) is 11.4 Å². The molecule has 0 atom stereocenters. The Morgan fingerprint density at radius 1 is 1.10 bits per heavy atom. The maximum absolute atomic E-state index is 12.9. The molecule has 0 aromatic heterocycles. The van der Waals surface area contributed by atoms with E-state index in [2.05, 4.69) is 11.4 Å². The number of carbonyl (C=O) groups is 1. The number of piperidine rings is 1. The summed E-state index contributed by atoms with van der Waals surface area (Å²) in [6.07, 6.45) is 3.86. The molecule has 1 fully saturated rings. The van der Waals surface area contributed by atoms with Crippen molar-refractivity contribution in [3.05, 3.63) is 69.3 Å². The summed E-state index contributed by atoms with van der Waals surface area (Å²) in [6, 6.07) is 12.6. The number of nitrogens with one attached hydrogen (secondary N) is 2. The van der Waals surface area contributed by atoms with Gasteiger partial charge in [-0.1, -0.05) is 24.3 Å². The molecule has 2 aromatic rings. The van der Waals surface area contributed by atoms with Gasteiger partial charge in [0.25, 0.3) is 11.6 Å². The number of rotatable bonds is 7. The molecule has 0 radical (unpaired) electrons. The minimum absolute atomic E-state index is 0.0881. The van der Waals surface area contributed by atoms with Crippen molar-refractivity contribution in [3.63, 3.8) is 0 Å². The van der Waals surface area contributed by atoms with Crippen LogP contribution in [-0.4, -0.2) is 38.0 Å². The predicted molar refractivity (Wildman–Crippen MR) is 113 cm³/mol. The molecule has 0 spiro atoms. The van der Waals surface area contributed by atoms with Gasteiger partial charge in [-0.15, -0.1) is 0 Å². The Bertz CT molecular complexity index is 876. The average molecular weight is 397 g/mol. The minimum Gasteiger partial charge on any atom is -0.377 e. The maximum Gasteiger partial charge on any atom is 0.270 e. The second kappa shape index (κ2) is 9.52. The van der Waals surface area contributed by atoms with Crippen LogP contribution in [0.2, 0.25) is 0 Å². The van der Waals surface area contributed by atoms with Crippen molar-refractivity contribution in [3.8, 4) is 0 Å². The number of anilines is 1. The first-order chi connectivity index (χ1) is 14.0. The second-order valence-electron chi connectivity index (χ2n) is 7.79. The highest BCUT2D eigenvalue weighted by atomic mass is 16.6. The molecule has 2 aromatic carbocycles. The van der Waals surface area contributed by atoms with Crippen LogP contribution in [0.25, 0.3) is 0 Å². The van der Waals surface area contributed by atoms with Gasteiger partial charge in [-0.2, -0.15) is 0 Å². The number of nitrogens with zero attached hydrogens (tertiary/aromatic N) is 2. The number of quaternary nitrogens is 1. The summed E-state index contributed by atoms with van der Waals surface area (Å²) in [5, 5.41) is 14.1. The van der Waals surface area contributed by atoms with E-state index in [1.165, 1.54) is 50.0 Å². The molecule has 2 N–H and O–H groups in total. The lowest BCUT2D eigenvalue weighted by Gasteiger charge is -2.24. The number of benzene rings is 2. The quantitative estimate of drug-likeness (QED) is 0.554. The van der Waals surface area contributed by atoms with E-state index < -0.39 is 4.92 Å². The van der Waals surface area contributed by atoms with Crippen molar-refractivity contribution >= 4 is 17.3 Å². The van der Waals surface area contributed by atoms with Crippen LogP contribution >= 0.6 is 0 Å². The van der Waals surface area contributed by atoms with Crippen molar-refractivity contribution in [1.29, 1.82) is 0 Å². The first kappa shape index (κ1) is 20.8. The average Bonchev–Trinajstić information content (AvgIpc) is 2.73. The zero-order valence-corrected chi connectivity index (χ0v) is 17.1. The van der Waals surface area contributed by atoms with Crippen LogP contribution in [0, 0.1) is 10.1 Å². The molecule has 1 aliphatic heterocycles. The van der Waals surface area contributed by atoms with Gasteiger partial charge in [-0.3, -0.25) is 14.9 Å². The molecular formula is C22H29N4O3+. The lowest BCUT2D eigenvalue weighted by molar-refractivity contribution is -0.918. The Morgan fingerprint density at radius 2 is 1.79 bits per heavy atom. The van der Waals surface area contributed by atoms with Crippen LogP contribution in [0.5, 0.6) is 0 Å². The lowest BCUT2D eigenvalue weighted by atomic mass is 10.0. The van der Waals surface area contributed by atoms with Crippen molar-refractivity contribution in [2.24, 2.45) is 0 Å². The van der Waals surface area contributed by atoms with Gasteiger partial charge in [0.15, 0.2) is 0 Å². The van der Waals surface area contributed by atoms with Crippen LogP contribution in [0.1, 0.15) is 40.7 Å². The van der Waals surface area contributed by atoms with Crippen molar-refractivity contribution < 1.29 is 14.6 Å². The van der Waals surface area contributed by atoms with Gasteiger partial charge < -0.3 is 15.1 Å². The molecule has 154 valence electrons. The summed E-state index contributed by atoms with van der Waals surface area (Å²) in [6.45, 7) is 3.75. The number of non-ortho nitro benzene ring substituents is 1. The first-order valence-corrected chi connectivity index (χ1v) is 10.1. The van der Waals surface area contributed by atoms with Crippen LogP contribution < -0.4 is 15.1 Å². The van der Waals surface area contributed by atoms with E-state index in [9.17, 15) is 14.9 Å². The number of amides is 1. The van der Waals surface area contributed by atoms with Crippen molar-refractivity contribution in [1.82, 2.24) is 5.32 Å². The SMILES string of the molecule is CN(C)c1ccc([N+](=O)[O-])cc1C(=O)NCc1ccccc1C[NH+]1CCCCC1. The van der Waals surface area contributed by atoms with Crippen LogP contribution in [0.15, 0.2) is 42.5 Å². The lowest BCUT2D eigenvalue weighted by Crippen LogP contribution is -3.11. The molecule has 0 aliphatic carbocycles. The first-order valence-electron chi connectivity index (χ1n) is 10.1. The summed E-state index contributed by atoms with van der Waals surface area (Å²) in [4.78, 5) is 26.9. The number of hydrogen-bond acceptors (Lipinski definition) is 4. The summed E-state index contributed by atoms with van der Waals surface area (Å²) < 4.78 is 0. The Kier molecular flexibility index (Phi) is 6.82. The molecule has 1 amide bonds. The fourth-order valence-electron chi connectivity index (χ4n) is 3.88. The van der Waals surface area contributed by atoms with Crippen molar-refractivity contribution in [2.45, 2.75) is 32.4 Å². The highest BCUT2D eigenvalue weighted by Gasteiger charge is 2.19. The van der Waals surface area contributed by atoms with Gasteiger partial charge >= 0.3 is 0 Å². The molecule has 7 nitrogen and oxygen atoms in total. The van der Waals surface area contributed by atoms with E-state index >= 15 is 0 Å². The number of hydrogen-bond donors (Lipinski definition) is 2. The molecule has 0 unspecified atom stereocenters. The highest BCUT2D eigenvalue weighted by molar-refractivity contribution is 6.00. The van der Waals surface area contributed by atoms with Gasteiger partial charge in [0.2, 0.25) is 0 Å². The van der Waals surface area contributed by atoms with Gasteiger partial charge in [0.05, 0.1) is 23.6 Å². The third-order valence-electron chi connectivity index (χ3n) is 5.48. The molecule has 1 heterocycles. The van der Waals surface area contributed by atoms with Gasteiger partial charge in [0.1, 0.15) is 6.54 Å². The van der Waals surface area contributed by atoms with E-state index in [0.29, 0.717) is 17.8 Å². The number of nitro groups is 1. The summed E-state index contributed by atoms with van der Waals surface area (Å²) >= 11 is 0. The molecule has 0 saturated carbocycles. The topological polar surface area (TPSA) is 79.9 Å². The molecule has 1 aliphatic rings. The van der Waals surface area contributed by atoms with Crippen LogP contribution in [0.3, 0.4) is 0 Å². The van der Waals surface area contributed by atoms with E-state index in [-0.39, 0.29) is 11.6 Å². The van der Waals surface area contributed by atoms with Gasteiger partial charge in [-0.25, -0.2) is 0 Å². The Morgan fingerprint density at radius 3 is 2.45 bits per heavy atom. The third kappa shape index (κ3) is 5.32. The Balaban J connectivity index is 1.74. The fraction of sp³-hybridized carbons (Fsp3) is 0.409. The number of nitro benzene ring substituents is 1. The van der Waals surface area contributed by atoms with Gasteiger partial charge in [-0.05, 0) is 30.9 Å². The molecular weight excluding hydrogens is 368 g/mol. The van der Waals surface area contributed by atoms with E-state index in [4.69, 9.17) is 0 Å². The number of carbonyl (C=O) groups excluding carboxylic acids is 1. The minimum atomic E-state index is -0.479. The van der Waals surface area contributed by atoms with E-state index in [1.807, 2.05) is 32.3 Å². The molecule has 29 heavy (non-hydrogen) atoms. The van der Waals surface area contributed by atoms with E-state index in [0.717, 1.165) is 12.1 Å². The standard InChI is InChI=1S/C22H28N4O3/c1-24(2)21-11-10-19(26(28)29)14-20(21)22(27)23-15-17-8-4-5-9-18(17)16-25-12-6-3-7-13-25/h4-5,8-11,14H,3,6-7,12-13,15-16H2,1-2H3,(H,23,27)/p+1. The normalized spacial score (nSPS) is 14.4. The Hall–Kier alpha value is -2.93. The molecule has 1 saturated heterocycles. The monoisotopic (exact) mass is 397 g/mol. The molecule has 3 rings (SSSR count). The second-order valence-corrected chi connectivity index (χ2v) is 7.79. The fourth-order valence-corrected chi connectivity index (χ4v) is 3.88. The highest BCUT2D eigenvalue weighted by Crippen LogP contribution is 2.24. The molecule has 0 bridgehead atoms. The van der Waals surface area contributed by atoms with Gasteiger partial charge in [0, 0.05) is 44.0 Å². The molecule has 7 heteroatoms. The van der Waals surface area contributed by atoms with Crippen LogP contribution in [-0.2, 0) is 13.1 Å². The summed E-state index contributed by atoms with van der Waals surface area (Å²) in [5.41, 5.74) is 3.21. The Labute approximate surface area is 171 Å². The number of likely N-dealkylation sites (tertiary alicyclic amines) is 1. The largest absolute Gasteiger partial charge is 0.377 e.